The average Bonchev–Trinajstić information content (AvgIpc) is 3.15. The van der Waals surface area contributed by atoms with Crippen LogP contribution in [-0.4, -0.2) is 25.8 Å². The quantitative estimate of drug-likeness (QED) is 0.495. The summed E-state index contributed by atoms with van der Waals surface area (Å²) in [4.78, 5) is 25.1. The van der Waals surface area contributed by atoms with Crippen LogP contribution in [0.3, 0.4) is 0 Å². The highest BCUT2D eigenvalue weighted by Gasteiger charge is 2.38. The predicted octanol–water partition coefficient (Wildman–Crippen LogP) is 4.84. The largest absolute Gasteiger partial charge is 0.481 e. The third kappa shape index (κ3) is 3.03. The van der Waals surface area contributed by atoms with Gasteiger partial charge in [0.25, 0.3) is 5.56 Å². The number of fused-ring (bicyclic) bond motifs is 2. The molecule has 0 amide bonds. The molecule has 0 saturated heterocycles. The van der Waals surface area contributed by atoms with Crippen molar-refractivity contribution in [3.63, 3.8) is 0 Å². The average molecular weight is 419 g/mol. The van der Waals surface area contributed by atoms with E-state index in [4.69, 9.17) is 0 Å². The normalized spacial score (nSPS) is 18.6. The number of rotatable bonds is 4. The maximum Gasteiger partial charge on any atom is 0.306 e. The van der Waals surface area contributed by atoms with Crippen LogP contribution in [0.1, 0.15) is 44.3 Å². The lowest BCUT2D eigenvalue weighted by atomic mass is 9.79. The van der Waals surface area contributed by atoms with Crippen LogP contribution in [0, 0.1) is 11.7 Å². The van der Waals surface area contributed by atoms with Crippen LogP contribution in [-0.2, 0) is 4.79 Å². The molecule has 158 valence electrons. The molecule has 1 fully saturated rings. The molecule has 1 aliphatic rings. The molecule has 0 aliphatic heterocycles. The van der Waals surface area contributed by atoms with Crippen LogP contribution in [0.2, 0.25) is 0 Å². The number of hydrogen-bond acceptors (Lipinski definition) is 3. The molecule has 2 aromatic heterocycles. The van der Waals surface area contributed by atoms with E-state index in [1.165, 1.54) is 12.1 Å². The van der Waals surface area contributed by atoms with Crippen molar-refractivity contribution in [2.75, 3.05) is 0 Å². The van der Waals surface area contributed by atoms with Crippen molar-refractivity contribution in [1.82, 2.24) is 14.8 Å². The Labute approximate surface area is 177 Å². The molecule has 7 heteroatoms. The number of aliphatic carboxylic acids is 1. The van der Waals surface area contributed by atoms with Gasteiger partial charge < -0.3 is 9.67 Å². The fourth-order valence-corrected chi connectivity index (χ4v) is 4.72. The SMILES string of the molecule is CC(C)c1c(-c2ccc(F)cc2)c2cc3cn[nH]c3cc2c(=O)n1C1CC(C(=O)O)C1. The standard InChI is InChI=1S/C24H22FN3O3/c1-12(2)22-21(13-3-5-16(25)6-4-13)18-9-15-11-26-27-20(15)10-19(18)23(29)28(22)17-7-14(8-17)24(30)31/h3-6,9-12,14,17H,7-8H2,1-2H3,(H,26,27)(H,30,31). The Balaban J connectivity index is 1.87. The lowest BCUT2D eigenvalue weighted by Gasteiger charge is -2.37. The summed E-state index contributed by atoms with van der Waals surface area (Å²) in [6.07, 6.45) is 2.57. The maximum atomic E-state index is 13.7. The van der Waals surface area contributed by atoms with Crippen molar-refractivity contribution in [2.45, 2.75) is 38.6 Å². The summed E-state index contributed by atoms with van der Waals surface area (Å²) in [7, 11) is 0. The molecule has 6 nitrogen and oxygen atoms in total. The van der Waals surface area contributed by atoms with Gasteiger partial charge >= 0.3 is 5.97 Å². The molecule has 1 saturated carbocycles. The maximum absolute atomic E-state index is 13.7. The zero-order valence-electron chi connectivity index (χ0n) is 17.2. The fraction of sp³-hybridized carbons (Fsp3) is 0.292. The first kappa shape index (κ1) is 19.5. The van der Waals surface area contributed by atoms with Crippen LogP contribution in [0.5, 0.6) is 0 Å². The van der Waals surface area contributed by atoms with Gasteiger partial charge in [-0.25, -0.2) is 4.39 Å². The summed E-state index contributed by atoms with van der Waals surface area (Å²) in [6.45, 7) is 4.04. The number of benzene rings is 2. The van der Waals surface area contributed by atoms with Gasteiger partial charge in [-0.3, -0.25) is 14.7 Å². The molecule has 2 N–H and O–H groups in total. The Bertz CT molecular complexity index is 1380. The van der Waals surface area contributed by atoms with Crippen molar-refractivity contribution in [3.8, 4) is 11.1 Å². The van der Waals surface area contributed by atoms with Gasteiger partial charge in [-0.1, -0.05) is 26.0 Å². The number of pyridine rings is 1. The molecular weight excluding hydrogens is 397 g/mol. The van der Waals surface area contributed by atoms with E-state index in [0.29, 0.717) is 18.2 Å². The molecule has 1 aliphatic carbocycles. The number of halogens is 1. The topological polar surface area (TPSA) is 88.0 Å². The zero-order chi connectivity index (χ0) is 21.9. The highest BCUT2D eigenvalue weighted by molar-refractivity contribution is 6.04. The molecule has 31 heavy (non-hydrogen) atoms. The Morgan fingerprint density at radius 3 is 2.55 bits per heavy atom. The van der Waals surface area contributed by atoms with Crippen molar-refractivity contribution < 1.29 is 14.3 Å². The summed E-state index contributed by atoms with van der Waals surface area (Å²) in [5, 5.41) is 18.6. The van der Waals surface area contributed by atoms with Gasteiger partial charge in [-0.15, -0.1) is 0 Å². The van der Waals surface area contributed by atoms with Crippen molar-refractivity contribution >= 4 is 27.6 Å². The molecule has 4 aromatic rings. The van der Waals surface area contributed by atoms with Crippen molar-refractivity contribution in [2.24, 2.45) is 5.92 Å². The highest BCUT2D eigenvalue weighted by atomic mass is 19.1. The summed E-state index contributed by atoms with van der Waals surface area (Å²) in [5.74, 6) is -1.58. The van der Waals surface area contributed by atoms with E-state index in [-0.39, 0.29) is 23.3 Å². The second-order valence-corrected chi connectivity index (χ2v) is 8.61. The van der Waals surface area contributed by atoms with E-state index < -0.39 is 11.9 Å². The molecule has 0 spiro atoms. The summed E-state index contributed by atoms with van der Waals surface area (Å²) in [6, 6.07) is 9.87. The summed E-state index contributed by atoms with van der Waals surface area (Å²) in [5.41, 5.74) is 3.18. The number of carboxylic acid groups (broad SMARTS) is 1. The molecule has 0 unspecified atom stereocenters. The minimum Gasteiger partial charge on any atom is -0.481 e. The fourth-order valence-electron chi connectivity index (χ4n) is 4.72. The number of aromatic nitrogens is 3. The molecular formula is C24H22FN3O3. The van der Waals surface area contributed by atoms with Crippen LogP contribution < -0.4 is 5.56 Å². The summed E-state index contributed by atoms with van der Waals surface area (Å²) >= 11 is 0. The minimum absolute atomic E-state index is 0.000998. The number of carboxylic acids is 1. The highest BCUT2D eigenvalue weighted by Crippen LogP contribution is 2.43. The third-order valence-corrected chi connectivity index (χ3v) is 6.32. The molecule has 2 heterocycles. The van der Waals surface area contributed by atoms with E-state index in [1.54, 1.807) is 29.0 Å². The number of aromatic amines is 1. The number of carbonyl (C=O) groups is 1. The second-order valence-electron chi connectivity index (χ2n) is 8.61. The second kappa shape index (κ2) is 7.04. The lowest BCUT2D eigenvalue weighted by molar-refractivity contribution is -0.146. The van der Waals surface area contributed by atoms with Gasteiger partial charge in [-0.2, -0.15) is 5.10 Å². The van der Waals surface area contributed by atoms with Gasteiger partial charge in [0, 0.05) is 28.1 Å². The number of H-pyrrole nitrogens is 1. The monoisotopic (exact) mass is 419 g/mol. The summed E-state index contributed by atoms with van der Waals surface area (Å²) < 4.78 is 15.5. The number of nitrogens with zero attached hydrogens (tertiary/aromatic N) is 2. The van der Waals surface area contributed by atoms with E-state index in [2.05, 4.69) is 10.2 Å². The predicted molar refractivity (Wildman–Crippen MR) is 117 cm³/mol. The first-order valence-corrected chi connectivity index (χ1v) is 10.4. The number of nitrogens with one attached hydrogen (secondary N) is 1. The van der Waals surface area contributed by atoms with Crippen LogP contribution in [0.15, 0.2) is 47.4 Å². The molecule has 5 rings (SSSR count). The first-order valence-electron chi connectivity index (χ1n) is 10.4. The van der Waals surface area contributed by atoms with Gasteiger partial charge in [0.1, 0.15) is 5.82 Å². The Morgan fingerprint density at radius 1 is 1.19 bits per heavy atom. The van der Waals surface area contributed by atoms with E-state index in [0.717, 1.165) is 33.1 Å². The first-order chi connectivity index (χ1) is 14.8. The van der Waals surface area contributed by atoms with Crippen LogP contribution >= 0.6 is 0 Å². The molecule has 0 radical (unpaired) electrons. The van der Waals surface area contributed by atoms with Crippen molar-refractivity contribution in [3.05, 3.63) is 64.5 Å². The Kier molecular flexibility index (Phi) is 4.43. The molecule has 2 aromatic carbocycles. The Morgan fingerprint density at radius 2 is 1.90 bits per heavy atom. The van der Waals surface area contributed by atoms with Crippen LogP contribution in [0.25, 0.3) is 32.8 Å². The number of hydrogen-bond donors (Lipinski definition) is 2. The van der Waals surface area contributed by atoms with Gasteiger partial charge in [-0.05, 0) is 54.0 Å². The van der Waals surface area contributed by atoms with Gasteiger partial charge in [0.15, 0.2) is 0 Å². The van der Waals surface area contributed by atoms with Gasteiger partial charge in [0.05, 0.1) is 17.6 Å². The zero-order valence-corrected chi connectivity index (χ0v) is 17.2. The van der Waals surface area contributed by atoms with Gasteiger partial charge in [0.2, 0.25) is 0 Å². The Hall–Kier alpha value is -3.48. The van der Waals surface area contributed by atoms with E-state index in [1.807, 2.05) is 19.9 Å². The van der Waals surface area contributed by atoms with E-state index >= 15 is 0 Å². The third-order valence-electron chi connectivity index (χ3n) is 6.32. The molecule has 0 atom stereocenters. The van der Waals surface area contributed by atoms with Crippen LogP contribution in [0.4, 0.5) is 4.39 Å². The minimum atomic E-state index is -0.825. The smallest absolute Gasteiger partial charge is 0.306 e. The van der Waals surface area contributed by atoms with Crippen molar-refractivity contribution in [1.29, 1.82) is 0 Å². The van der Waals surface area contributed by atoms with E-state index in [9.17, 15) is 19.1 Å². The molecule has 0 bridgehead atoms. The lowest BCUT2D eigenvalue weighted by Crippen LogP contribution is -2.39.